The summed E-state index contributed by atoms with van der Waals surface area (Å²) < 4.78 is 1.19. The molecule has 1 atom stereocenters. The van der Waals surface area contributed by atoms with Gasteiger partial charge in [0.05, 0.1) is 0 Å². The molecule has 0 radical (unpaired) electrons. The van der Waals surface area contributed by atoms with Gasteiger partial charge in [-0.15, -0.1) is 0 Å². The maximum absolute atomic E-state index is 11.9. The summed E-state index contributed by atoms with van der Waals surface area (Å²) in [5, 5.41) is 6.74. The number of benzene rings is 1. The highest BCUT2D eigenvalue weighted by atomic mass is 32.1. The summed E-state index contributed by atoms with van der Waals surface area (Å²) in [6.07, 6.45) is 1.06. The van der Waals surface area contributed by atoms with Crippen LogP contribution in [0.5, 0.6) is 0 Å². The third-order valence-corrected chi connectivity index (χ3v) is 4.45. The molecule has 1 amide bonds. The molecule has 1 N–H and O–H groups in total. The van der Waals surface area contributed by atoms with Crippen LogP contribution in [-0.2, 0) is 11.3 Å². The number of rotatable bonds is 5. The highest BCUT2D eigenvalue weighted by Gasteiger charge is 2.23. The summed E-state index contributed by atoms with van der Waals surface area (Å²) in [7, 11) is 0. The van der Waals surface area contributed by atoms with Crippen LogP contribution in [0, 0.1) is 5.92 Å². The molecule has 1 aliphatic heterocycles. The molecule has 1 saturated heterocycles. The first kappa shape index (κ1) is 14.8. The Morgan fingerprint density at radius 1 is 1.36 bits per heavy atom. The Hall–Kier alpha value is -2.15. The molecule has 0 unspecified atom stereocenters. The first-order valence-corrected chi connectivity index (χ1v) is 8.17. The van der Waals surface area contributed by atoms with Crippen LogP contribution < -0.4 is 15.1 Å². The number of amides is 1. The third kappa shape index (κ3) is 3.54. The molecule has 116 valence electrons. The second-order valence-electron chi connectivity index (χ2n) is 5.40. The van der Waals surface area contributed by atoms with E-state index in [4.69, 9.17) is 0 Å². The second kappa shape index (κ2) is 6.74. The van der Waals surface area contributed by atoms with E-state index in [0.717, 1.165) is 30.8 Å². The summed E-state index contributed by atoms with van der Waals surface area (Å²) in [4.78, 5) is 25.3. The van der Waals surface area contributed by atoms with Gasteiger partial charge in [-0.1, -0.05) is 29.5 Å². The van der Waals surface area contributed by atoms with Crippen LogP contribution in [0.2, 0.25) is 0 Å². The predicted molar refractivity (Wildman–Crippen MR) is 86.1 cm³/mol. The molecule has 22 heavy (non-hydrogen) atoms. The van der Waals surface area contributed by atoms with Crippen molar-refractivity contribution in [2.45, 2.75) is 13.0 Å². The number of carbonyl (C=O) groups is 1. The monoisotopic (exact) mass is 318 g/mol. The average molecular weight is 318 g/mol. The zero-order valence-electron chi connectivity index (χ0n) is 12.1. The molecule has 0 bridgehead atoms. The zero-order valence-corrected chi connectivity index (χ0v) is 13.0. The molecule has 6 nitrogen and oxygen atoms in total. The van der Waals surface area contributed by atoms with Gasteiger partial charge in [0.1, 0.15) is 12.1 Å². The number of para-hydroxylation sites is 1. The largest absolute Gasteiger partial charge is 0.371 e. The molecule has 0 spiro atoms. The molecule has 0 aliphatic carbocycles. The van der Waals surface area contributed by atoms with Gasteiger partial charge in [0.15, 0.2) is 0 Å². The Kier molecular flexibility index (Phi) is 4.53. The van der Waals surface area contributed by atoms with Crippen molar-refractivity contribution in [3.8, 4) is 0 Å². The van der Waals surface area contributed by atoms with Gasteiger partial charge in [0.2, 0.25) is 5.91 Å². The van der Waals surface area contributed by atoms with Gasteiger partial charge in [0, 0.05) is 25.3 Å². The van der Waals surface area contributed by atoms with E-state index in [1.807, 2.05) is 18.2 Å². The second-order valence-corrected chi connectivity index (χ2v) is 6.20. The maximum Gasteiger partial charge on any atom is 0.325 e. The predicted octanol–water partition coefficient (Wildman–Crippen LogP) is 0.947. The Morgan fingerprint density at radius 2 is 2.18 bits per heavy atom. The van der Waals surface area contributed by atoms with Crippen molar-refractivity contribution in [3.63, 3.8) is 0 Å². The quantitative estimate of drug-likeness (QED) is 0.891. The van der Waals surface area contributed by atoms with Crippen molar-refractivity contribution in [1.29, 1.82) is 0 Å². The van der Waals surface area contributed by atoms with E-state index in [0.29, 0.717) is 12.5 Å². The normalized spacial score (nSPS) is 17.6. The number of nitrogens with zero attached hydrogens (tertiary/aromatic N) is 3. The molecule has 1 aromatic heterocycles. The topological polar surface area (TPSA) is 67.2 Å². The highest BCUT2D eigenvalue weighted by molar-refractivity contribution is 7.06. The smallest absolute Gasteiger partial charge is 0.325 e. The lowest BCUT2D eigenvalue weighted by Gasteiger charge is -2.18. The molecule has 3 rings (SSSR count). The summed E-state index contributed by atoms with van der Waals surface area (Å²) >= 11 is 0.997. The van der Waals surface area contributed by atoms with Crippen LogP contribution in [0.25, 0.3) is 0 Å². The van der Waals surface area contributed by atoms with Gasteiger partial charge in [-0.2, -0.15) is 5.10 Å². The Balaban J connectivity index is 1.46. The van der Waals surface area contributed by atoms with E-state index in [1.54, 1.807) is 0 Å². The van der Waals surface area contributed by atoms with E-state index in [1.165, 1.54) is 15.9 Å². The van der Waals surface area contributed by atoms with E-state index >= 15 is 0 Å². The molecule has 2 aromatic rings. The lowest BCUT2D eigenvalue weighted by Crippen LogP contribution is -2.35. The fourth-order valence-corrected chi connectivity index (χ4v) is 3.15. The fraction of sp³-hybridized carbons (Fsp3) is 0.400. The maximum atomic E-state index is 11.9. The highest BCUT2D eigenvalue weighted by Crippen LogP contribution is 2.22. The Labute approximate surface area is 132 Å². The van der Waals surface area contributed by atoms with Crippen LogP contribution in [0.3, 0.4) is 0 Å². The lowest BCUT2D eigenvalue weighted by molar-refractivity contribution is -0.122. The summed E-state index contributed by atoms with van der Waals surface area (Å²) in [6.45, 7) is 2.59. The number of anilines is 1. The SMILES string of the molecule is O=C(Cn1ncsc1=O)NC[C@@H]1CCN(c2ccccc2)C1. The van der Waals surface area contributed by atoms with Gasteiger partial charge in [-0.05, 0) is 24.5 Å². The standard InChI is InChI=1S/C15H18N4O2S/c20-14(10-19-15(21)22-11-17-19)16-8-12-6-7-18(9-12)13-4-2-1-3-5-13/h1-5,11-12H,6-10H2,(H,16,20)/t12-/m0/s1. The van der Waals surface area contributed by atoms with Crippen LogP contribution in [0.15, 0.2) is 40.6 Å². The van der Waals surface area contributed by atoms with Crippen molar-refractivity contribution < 1.29 is 4.79 Å². The van der Waals surface area contributed by atoms with Gasteiger partial charge in [-0.3, -0.25) is 9.59 Å². The van der Waals surface area contributed by atoms with Crippen molar-refractivity contribution in [3.05, 3.63) is 45.5 Å². The van der Waals surface area contributed by atoms with Crippen LogP contribution in [0.1, 0.15) is 6.42 Å². The average Bonchev–Trinajstić information content (AvgIpc) is 3.16. The van der Waals surface area contributed by atoms with Gasteiger partial charge in [-0.25, -0.2) is 4.68 Å². The number of aromatic nitrogens is 2. The van der Waals surface area contributed by atoms with Gasteiger partial charge < -0.3 is 10.2 Å². The minimum absolute atomic E-state index is 0.00253. The lowest BCUT2D eigenvalue weighted by atomic mass is 10.1. The van der Waals surface area contributed by atoms with Gasteiger partial charge in [0.25, 0.3) is 0 Å². The Morgan fingerprint density at radius 3 is 2.91 bits per heavy atom. The number of hydrogen-bond acceptors (Lipinski definition) is 5. The molecule has 0 saturated carbocycles. The van der Waals surface area contributed by atoms with E-state index in [2.05, 4.69) is 27.4 Å². The molecule has 2 heterocycles. The number of hydrogen-bond donors (Lipinski definition) is 1. The van der Waals surface area contributed by atoms with E-state index < -0.39 is 0 Å². The molecule has 7 heteroatoms. The number of carbonyl (C=O) groups excluding carboxylic acids is 1. The molecular weight excluding hydrogens is 300 g/mol. The summed E-state index contributed by atoms with van der Waals surface area (Å²) in [5.74, 6) is 0.280. The van der Waals surface area contributed by atoms with Crippen LogP contribution in [0.4, 0.5) is 5.69 Å². The first-order valence-electron chi connectivity index (χ1n) is 7.29. The minimum Gasteiger partial charge on any atom is -0.371 e. The summed E-state index contributed by atoms with van der Waals surface area (Å²) in [5.41, 5.74) is 2.68. The first-order chi connectivity index (χ1) is 10.7. The minimum atomic E-state index is -0.203. The molecular formula is C15H18N4O2S. The van der Waals surface area contributed by atoms with Gasteiger partial charge >= 0.3 is 4.87 Å². The van der Waals surface area contributed by atoms with Crippen molar-refractivity contribution >= 4 is 22.9 Å². The van der Waals surface area contributed by atoms with Crippen LogP contribution in [-0.4, -0.2) is 35.3 Å². The van der Waals surface area contributed by atoms with Crippen molar-refractivity contribution in [1.82, 2.24) is 15.1 Å². The van der Waals surface area contributed by atoms with E-state index in [-0.39, 0.29) is 17.3 Å². The van der Waals surface area contributed by atoms with Crippen molar-refractivity contribution in [2.24, 2.45) is 5.92 Å². The van der Waals surface area contributed by atoms with Crippen molar-refractivity contribution in [2.75, 3.05) is 24.5 Å². The van der Waals surface area contributed by atoms with E-state index in [9.17, 15) is 9.59 Å². The molecule has 1 aliphatic rings. The Bertz CT molecular complexity index is 682. The zero-order chi connectivity index (χ0) is 15.4. The summed E-state index contributed by atoms with van der Waals surface area (Å²) in [6, 6.07) is 10.3. The third-order valence-electron chi connectivity index (χ3n) is 3.84. The molecule has 1 aromatic carbocycles. The van der Waals surface area contributed by atoms with Crippen LogP contribution >= 0.6 is 11.3 Å². The number of nitrogens with one attached hydrogen (secondary N) is 1. The fourth-order valence-electron chi connectivity index (χ4n) is 2.66. The molecule has 1 fully saturated rings.